The van der Waals surface area contributed by atoms with Crippen LogP contribution in [0.5, 0.6) is 0 Å². The van der Waals surface area contributed by atoms with Gasteiger partial charge in [-0.05, 0) is 23.8 Å². The van der Waals surface area contributed by atoms with Gasteiger partial charge in [0.15, 0.2) is 0 Å². The van der Waals surface area contributed by atoms with Crippen molar-refractivity contribution in [3.05, 3.63) is 57.8 Å². The van der Waals surface area contributed by atoms with Crippen LogP contribution in [0.1, 0.15) is 11.1 Å². The summed E-state index contributed by atoms with van der Waals surface area (Å²) in [6.07, 6.45) is 1.64. The molecule has 0 aliphatic heterocycles. The fourth-order valence-electron chi connectivity index (χ4n) is 1.55. The van der Waals surface area contributed by atoms with Crippen LogP contribution in [-0.4, -0.2) is 10.1 Å². The van der Waals surface area contributed by atoms with Gasteiger partial charge in [-0.2, -0.15) is 0 Å². The number of aliphatic hydroxyl groups is 1. The molecule has 2 rings (SSSR count). The van der Waals surface area contributed by atoms with Gasteiger partial charge >= 0.3 is 0 Å². The van der Waals surface area contributed by atoms with E-state index in [0.29, 0.717) is 16.7 Å². The lowest BCUT2D eigenvalue weighted by molar-refractivity contribution is 0.282. The third kappa shape index (κ3) is 3.13. The largest absolute Gasteiger partial charge is 0.392 e. The highest BCUT2D eigenvalue weighted by atomic mass is 35.5. The van der Waals surface area contributed by atoms with E-state index in [1.165, 1.54) is 0 Å². The Balaban J connectivity index is 2.13. The number of aliphatic hydroxyl groups excluding tert-OH is 1. The van der Waals surface area contributed by atoms with E-state index in [1.807, 2.05) is 18.2 Å². The van der Waals surface area contributed by atoms with Crippen molar-refractivity contribution in [2.24, 2.45) is 0 Å². The molecule has 5 heteroatoms. The second-order valence-electron chi connectivity index (χ2n) is 3.78. The van der Waals surface area contributed by atoms with Gasteiger partial charge in [0.05, 0.1) is 17.3 Å². The van der Waals surface area contributed by atoms with E-state index in [0.717, 1.165) is 16.8 Å². The van der Waals surface area contributed by atoms with Gasteiger partial charge in [-0.1, -0.05) is 35.3 Å². The Morgan fingerprint density at radius 3 is 2.78 bits per heavy atom. The van der Waals surface area contributed by atoms with Crippen molar-refractivity contribution >= 4 is 28.9 Å². The molecule has 0 bridgehead atoms. The van der Waals surface area contributed by atoms with Crippen LogP contribution in [0.3, 0.4) is 0 Å². The molecule has 1 aromatic carbocycles. The second kappa shape index (κ2) is 6.05. The van der Waals surface area contributed by atoms with Crippen LogP contribution in [0.15, 0.2) is 36.5 Å². The molecule has 1 aromatic heterocycles. The summed E-state index contributed by atoms with van der Waals surface area (Å²) in [5, 5.41) is 13.3. The molecule has 0 saturated heterocycles. The number of halogens is 2. The molecule has 2 N–H and O–H groups in total. The summed E-state index contributed by atoms with van der Waals surface area (Å²) >= 11 is 12.0. The first kappa shape index (κ1) is 13.1. The SMILES string of the molecule is OCc1ccc(Cl)c(NCc2cccnc2Cl)c1. The molecule has 0 saturated carbocycles. The fourth-order valence-corrected chi connectivity index (χ4v) is 1.92. The maximum absolute atomic E-state index is 9.08. The topological polar surface area (TPSA) is 45.1 Å². The summed E-state index contributed by atoms with van der Waals surface area (Å²) in [6.45, 7) is 0.515. The van der Waals surface area contributed by atoms with E-state index in [4.69, 9.17) is 28.3 Å². The Morgan fingerprint density at radius 2 is 2.06 bits per heavy atom. The van der Waals surface area contributed by atoms with Crippen molar-refractivity contribution in [3.8, 4) is 0 Å². The fraction of sp³-hybridized carbons (Fsp3) is 0.154. The third-order valence-electron chi connectivity index (χ3n) is 2.52. The van der Waals surface area contributed by atoms with Crippen molar-refractivity contribution in [1.82, 2.24) is 4.98 Å². The molecule has 1 heterocycles. The van der Waals surface area contributed by atoms with Gasteiger partial charge < -0.3 is 10.4 Å². The number of benzene rings is 1. The molecule has 0 radical (unpaired) electrons. The summed E-state index contributed by atoms with van der Waals surface area (Å²) in [4.78, 5) is 4.00. The minimum atomic E-state index is -0.0144. The van der Waals surface area contributed by atoms with E-state index >= 15 is 0 Å². The molecule has 0 aliphatic carbocycles. The molecule has 0 unspecified atom stereocenters. The van der Waals surface area contributed by atoms with Crippen molar-refractivity contribution in [2.45, 2.75) is 13.2 Å². The molecule has 0 spiro atoms. The van der Waals surface area contributed by atoms with Crippen LogP contribution in [0.25, 0.3) is 0 Å². The zero-order valence-electron chi connectivity index (χ0n) is 9.53. The minimum absolute atomic E-state index is 0.0144. The number of hydrogen-bond donors (Lipinski definition) is 2. The molecule has 2 aromatic rings. The Morgan fingerprint density at radius 1 is 1.22 bits per heavy atom. The minimum Gasteiger partial charge on any atom is -0.392 e. The monoisotopic (exact) mass is 282 g/mol. The summed E-state index contributed by atoms with van der Waals surface area (Å²) in [7, 11) is 0. The summed E-state index contributed by atoms with van der Waals surface area (Å²) in [6, 6.07) is 9.07. The standard InChI is InChI=1S/C13H12Cl2N2O/c14-11-4-3-9(8-18)6-12(11)17-7-10-2-1-5-16-13(10)15/h1-6,17-18H,7-8H2. The number of rotatable bonds is 4. The van der Waals surface area contributed by atoms with Gasteiger partial charge in [0.2, 0.25) is 0 Å². The number of aromatic nitrogens is 1. The lowest BCUT2D eigenvalue weighted by Crippen LogP contribution is -2.02. The predicted octanol–water partition coefficient (Wildman–Crippen LogP) is 3.49. The quantitative estimate of drug-likeness (QED) is 0.844. The number of anilines is 1. The predicted molar refractivity (Wildman–Crippen MR) is 73.9 cm³/mol. The molecular weight excluding hydrogens is 271 g/mol. The average molecular weight is 283 g/mol. The Hall–Kier alpha value is -1.29. The van der Waals surface area contributed by atoms with Crippen LogP contribution < -0.4 is 5.32 Å². The van der Waals surface area contributed by atoms with Crippen LogP contribution in [-0.2, 0) is 13.2 Å². The van der Waals surface area contributed by atoms with E-state index in [1.54, 1.807) is 18.3 Å². The van der Waals surface area contributed by atoms with Crippen molar-refractivity contribution in [2.75, 3.05) is 5.32 Å². The first-order valence-corrected chi connectivity index (χ1v) is 6.19. The van der Waals surface area contributed by atoms with Gasteiger partial charge in [0, 0.05) is 18.3 Å². The normalized spacial score (nSPS) is 10.4. The highest BCUT2D eigenvalue weighted by Crippen LogP contribution is 2.24. The van der Waals surface area contributed by atoms with Crippen LogP contribution >= 0.6 is 23.2 Å². The van der Waals surface area contributed by atoms with Crippen LogP contribution in [0.2, 0.25) is 10.2 Å². The van der Waals surface area contributed by atoms with Gasteiger partial charge in [-0.3, -0.25) is 0 Å². The zero-order chi connectivity index (χ0) is 13.0. The highest BCUT2D eigenvalue weighted by Gasteiger charge is 2.04. The van der Waals surface area contributed by atoms with E-state index in [9.17, 15) is 0 Å². The lowest BCUT2D eigenvalue weighted by Gasteiger charge is -2.10. The molecule has 94 valence electrons. The number of nitrogens with zero attached hydrogens (tertiary/aromatic N) is 1. The van der Waals surface area contributed by atoms with Gasteiger partial charge in [-0.25, -0.2) is 4.98 Å². The Kier molecular flexibility index (Phi) is 4.42. The third-order valence-corrected chi connectivity index (χ3v) is 3.19. The smallest absolute Gasteiger partial charge is 0.133 e. The van der Waals surface area contributed by atoms with E-state index in [-0.39, 0.29) is 6.61 Å². The second-order valence-corrected chi connectivity index (χ2v) is 4.54. The van der Waals surface area contributed by atoms with Crippen LogP contribution in [0.4, 0.5) is 5.69 Å². The molecule has 0 atom stereocenters. The summed E-state index contributed by atoms with van der Waals surface area (Å²) in [5.74, 6) is 0. The van der Waals surface area contributed by atoms with Crippen molar-refractivity contribution in [3.63, 3.8) is 0 Å². The zero-order valence-corrected chi connectivity index (χ0v) is 11.0. The average Bonchev–Trinajstić information content (AvgIpc) is 2.39. The highest BCUT2D eigenvalue weighted by molar-refractivity contribution is 6.33. The Labute approximate surface area is 115 Å². The molecule has 0 fully saturated rings. The molecule has 3 nitrogen and oxygen atoms in total. The molecule has 0 amide bonds. The molecule has 0 aliphatic rings. The summed E-state index contributed by atoms with van der Waals surface area (Å²) < 4.78 is 0. The van der Waals surface area contributed by atoms with Gasteiger partial charge in [0.25, 0.3) is 0 Å². The first-order chi connectivity index (χ1) is 8.70. The number of pyridine rings is 1. The van der Waals surface area contributed by atoms with Crippen molar-refractivity contribution < 1.29 is 5.11 Å². The lowest BCUT2D eigenvalue weighted by atomic mass is 10.2. The first-order valence-electron chi connectivity index (χ1n) is 5.43. The molecular formula is C13H12Cl2N2O. The maximum Gasteiger partial charge on any atom is 0.133 e. The summed E-state index contributed by atoms with van der Waals surface area (Å²) in [5.41, 5.74) is 2.46. The van der Waals surface area contributed by atoms with E-state index in [2.05, 4.69) is 10.3 Å². The van der Waals surface area contributed by atoms with Crippen LogP contribution in [0, 0.1) is 0 Å². The maximum atomic E-state index is 9.08. The number of hydrogen-bond acceptors (Lipinski definition) is 3. The molecule has 18 heavy (non-hydrogen) atoms. The van der Waals surface area contributed by atoms with Crippen molar-refractivity contribution in [1.29, 1.82) is 0 Å². The van der Waals surface area contributed by atoms with Gasteiger partial charge in [0.1, 0.15) is 5.15 Å². The van der Waals surface area contributed by atoms with Gasteiger partial charge in [-0.15, -0.1) is 0 Å². The Bertz CT molecular complexity index is 546. The van der Waals surface area contributed by atoms with E-state index < -0.39 is 0 Å². The number of nitrogens with one attached hydrogen (secondary N) is 1.